The number of rotatable bonds is 6. The number of ether oxygens (including phenoxy) is 4. The molecule has 0 radical (unpaired) electrons. The monoisotopic (exact) mass is 1190 g/mol. The average Bonchev–Trinajstić information content (AvgIpc) is 1.71. The maximum atomic E-state index is 12.3. The number of nitrogens with one attached hydrogen (secondary N) is 2. The normalized spacial score (nSPS) is 14.0. The van der Waals surface area contributed by atoms with Crippen LogP contribution in [0.1, 0.15) is 129 Å². The van der Waals surface area contributed by atoms with Crippen molar-refractivity contribution in [3.05, 3.63) is 190 Å². The quantitative estimate of drug-likeness (QED) is 0.0672. The Balaban J connectivity index is 0.000000146. The summed E-state index contributed by atoms with van der Waals surface area (Å²) in [7, 11) is 6.40. The van der Waals surface area contributed by atoms with Gasteiger partial charge in [-0.1, -0.05) is 117 Å². The molecule has 450 valence electrons. The minimum atomic E-state index is -0.748. The lowest BCUT2D eigenvalue weighted by Gasteiger charge is -2.18. The number of hydrogen-bond donors (Lipinski definition) is 6. The van der Waals surface area contributed by atoms with Gasteiger partial charge >= 0.3 is 0 Å². The minimum Gasteiger partial charge on any atom is -0.497 e. The van der Waals surface area contributed by atoms with E-state index >= 15 is 0 Å². The van der Waals surface area contributed by atoms with Crippen LogP contribution in [0.4, 0.5) is 22.7 Å². The van der Waals surface area contributed by atoms with Crippen LogP contribution < -0.4 is 41.0 Å². The largest absolute Gasteiger partial charge is 0.497 e. The van der Waals surface area contributed by atoms with Gasteiger partial charge in [-0.15, -0.1) is 0 Å². The van der Waals surface area contributed by atoms with E-state index in [2.05, 4.69) is 10.6 Å². The fourth-order valence-corrected chi connectivity index (χ4v) is 10.0. The molecule has 0 aromatic heterocycles. The van der Waals surface area contributed by atoms with Gasteiger partial charge in [0.15, 0.2) is 11.6 Å². The van der Waals surface area contributed by atoms with Crippen LogP contribution in [-0.4, -0.2) is 67.3 Å². The summed E-state index contributed by atoms with van der Waals surface area (Å²) in [6.07, 6.45) is -1.43. The highest BCUT2D eigenvalue weighted by Crippen LogP contribution is 2.49. The van der Waals surface area contributed by atoms with Crippen LogP contribution in [0.25, 0.3) is 44.5 Å². The molecule has 2 amide bonds. The van der Waals surface area contributed by atoms with E-state index in [9.17, 15) is 34.2 Å². The Hall–Kier alpha value is -9.28. The number of halogens is 1. The summed E-state index contributed by atoms with van der Waals surface area (Å²) >= 11 is 5.11. The van der Waals surface area contributed by atoms with Crippen molar-refractivity contribution >= 4 is 63.0 Å². The number of carbonyl (C=O) groups excluding carboxylic acids is 5. The Morgan fingerprint density at radius 3 is 1.37 bits per heavy atom. The number of nitrogens with two attached hydrogens (primary N) is 2. The molecule has 0 heterocycles. The van der Waals surface area contributed by atoms with Gasteiger partial charge in [0.05, 0.1) is 34.0 Å². The molecule has 0 bridgehead atoms. The van der Waals surface area contributed by atoms with E-state index in [1.807, 2.05) is 145 Å². The first kappa shape index (κ1) is 63.7. The smallest absolute Gasteiger partial charge is 0.229 e. The van der Waals surface area contributed by atoms with E-state index in [0.29, 0.717) is 56.5 Å². The van der Waals surface area contributed by atoms with Crippen LogP contribution in [0.2, 0.25) is 0 Å². The molecule has 0 fully saturated rings. The molecule has 0 saturated heterocycles. The molecule has 4 aliphatic rings. The zero-order valence-electron chi connectivity index (χ0n) is 51.1. The maximum Gasteiger partial charge on any atom is 0.229 e. The molecule has 2 atom stereocenters. The fourth-order valence-electron chi connectivity index (χ4n) is 10.0. The first-order valence-corrected chi connectivity index (χ1v) is 28.5. The first-order chi connectivity index (χ1) is 41.0. The van der Waals surface area contributed by atoms with Crippen molar-refractivity contribution in [1.29, 1.82) is 0 Å². The van der Waals surface area contributed by atoms with Gasteiger partial charge in [-0.05, 0) is 164 Å². The van der Waals surface area contributed by atoms with Gasteiger partial charge in [0, 0.05) is 61.2 Å². The Morgan fingerprint density at radius 2 is 0.862 bits per heavy atom. The third kappa shape index (κ3) is 13.4. The number of aliphatic hydroxyl groups is 2. The van der Waals surface area contributed by atoms with Gasteiger partial charge in [0.25, 0.3) is 0 Å². The van der Waals surface area contributed by atoms with Crippen LogP contribution in [0.5, 0.6) is 23.0 Å². The van der Waals surface area contributed by atoms with E-state index < -0.39 is 23.0 Å². The van der Waals surface area contributed by atoms with Crippen molar-refractivity contribution in [1.82, 2.24) is 0 Å². The van der Waals surface area contributed by atoms with Crippen molar-refractivity contribution in [2.45, 2.75) is 74.5 Å². The molecular formula is C71H73ClN4O11. The third-order valence-electron chi connectivity index (χ3n) is 15.0. The number of methoxy groups -OCH3 is 4. The van der Waals surface area contributed by atoms with Crippen LogP contribution in [0.15, 0.2) is 146 Å². The van der Waals surface area contributed by atoms with E-state index in [1.165, 1.54) is 0 Å². The molecule has 0 spiro atoms. The molecule has 8 N–H and O–H groups in total. The van der Waals surface area contributed by atoms with Gasteiger partial charge in [0.1, 0.15) is 35.2 Å². The highest BCUT2D eigenvalue weighted by atomic mass is 35.5. The van der Waals surface area contributed by atoms with E-state index in [0.717, 1.165) is 78.3 Å². The zero-order valence-corrected chi connectivity index (χ0v) is 51.9. The molecule has 8 aromatic rings. The highest BCUT2D eigenvalue weighted by molar-refractivity contribution is 6.64. The van der Waals surface area contributed by atoms with Gasteiger partial charge in [-0.2, -0.15) is 0 Å². The highest BCUT2D eigenvalue weighted by Gasteiger charge is 2.34. The van der Waals surface area contributed by atoms with E-state index in [-0.39, 0.29) is 34.0 Å². The lowest BCUT2D eigenvalue weighted by atomic mass is 9.95. The maximum absolute atomic E-state index is 12.3. The molecule has 12 rings (SSSR count). The summed E-state index contributed by atoms with van der Waals surface area (Å²) in [6.45, 7) is 16.5. The Kier molecular flexibility index (Phi) is 18.6. The number of ketones is 2. The number of benzene rings is 8. The lowest BCUT2D eigenvalue weighted by molar-refractivity contribution is -0.123. The van der Waals surface area contributed by atoms with Crippen molar-refractivity contribution in [2.24, 2.45) is 16.2 Å². The van der Waals surface area contributed by atoms with Crippen molar-refractivity contribution in [2.75, 3.05) is 50.5 Å². The fraction of sp³-hybridized carbons (Fsp3) is 0.254. The average molecular weight is 1190 g/mol. The summed E-state index contributed by atoms with van der Waals surface area (Å²) < 4.78 is 21.0. The topological polar surface area (TPSA) is 239 Å². The molecule has 0 aliphatic heterocycles. The van der Waals surface area contributed by atoms with Crippen LogP contribution in [0, 0.1) is 16.2 Å². The van der Waals surface area contributed by atoms with Crippen LogP contribution >= 0.6 is 11.6 Å². The van der Waals surface area contributed by atoms with Crippen LogP contribution in [-0.2, 0) is 14.4 Å². The van der Waals surface area contributed by atoms with E-state index in [4.69, 9.17) is 42.0 Å². The van der Waals surface area contributed by atoms with E-state index in [1.54, 1.807) is 91.7 Å². The number of aliphatic hydroxyl groups excluding tert-OH is 2. The zero-order chi connectivity index (χ0) is 63.6. The molecule has 16 heteroatoms. The third-order valence-corrected chi connectivity index (χ3v) is 15.5. The molecule has 4 aliphatic carbocycles. The number of anilines is 4. The SMILES string of the molecule is CC(C)(C)C(=O)Cl.COc1ccc2c(c1)-c1ccc(N)cc1C2=O.COc1ccc2c(c1)-c1ccc(NC(=O)C(C)(C)C)cc1C2O.COc1cccc2c1C(=O)c1cc(N)ccc1-2.COc1cccc2c1C(O)c1cc(NC(=O)C(C)(C)C)ccc1-2. The summed E-state index contributed by atoms with van der Waals surface area (Å²) in [5.41, 5.74) is 26.2. The summed E-state index contributed by atoms with van der Waals surface area (Å²) in [4.78, 5) is 58.9. The minimum absolute atomic E-state index is 0.0141. The summed E-state index contributed by atoms with van der Waals surface area (Å²) in [5, 5.41) is 26.8. The van der Waals surface area contributed by atoms with Gasteiger partial charge in [-0.25, -0.2) is 0 Å². The second-order valence-corrected chi connectivity index (χ2v) is 24.6. The first-order valence-electron chi connectivity index (χ1n) is 28.1. The summed E-state index contributed by atoms with van der Waals surface area (Å²) in [6, 6.07) is 44.6. The number of fused-ring (bicyclic) bond motifs is 12. The van der Waals surface area contributed by atoms with Crippen molar-refractivity contribution in [3.8, 4) is 67.5 Å². The molecule has 15 nitrogen and oxygen atoms in total. The Labute approximate surface area is 512 Å². The number of amides is 2. The van der Waals surface area contributed by atoms with Gasteiger partial charge < -0.3 is 51.3 Å². The predicted molar refractivity (Wildman–Crippen MR) is 344 cm³/mol. The predicted octanol–water partition coefficient (Wildman–Crippen LogP) is 14.3. The molecular weight excluding hydrogens is 1120 g/mol. The molecule has 0 saturated carbocycles. The molecule has 8 aromatic carbocycles. The van der Waals surface area contributed by atoms with Crippen molar-refractivity contribution in [3.63, 3.8) is 0 Å². The number of nitrogen functional groups attached to an aromatic ring is 2. The second kappa shape index (κ2) is 25.4. The molecule has 87 heavy (non-hydrogen) atoms. The summed E-state index contributed by atoms with van der Waals surface area (Å²) in [5.74, 6) is 2.71. The lowest BCUT2D eigenvalue weighted by Crippen LogP contribution is -2.27. The van der Waals surface area contributed by atoms with Gasteiger partial charge in [0.2, 0.25) is 17.1 Å². The Morgan fingerprint density at radius 1 is 0.425 bits per heavy atom. The number of hydrogen-bond acceptors (Lipinski definition) is 13. The van der Waals surface area contributed by atoms with Gasteiger partial charge in [-0.3, -0.25) is 24.0 Å². The van der Waals surface area contributed by atoms with Crippen molar-refractivity contribution < 1.29 is 53.1 Å². The standard InChI is InChI=1S/2C19H21NO3.2C14H11NO2.C5H9ClO/c1-19(2,3)18(22)20-11-5-7-13-15-10-12(23-4)6-8-14(15)17(21)16(13)9-11;1-19(2,3)18(22)20-11-8-9-12-13-6-5-7-15(23-4)16(13)17(21)14(12)10-11;1-17-9-3-5-11-12(7-9)10-4-2-8(15)6-13(10)14(11)16;1-17-12-4-2-3-10-9-6-5-8(15)7-11(9)14(16)13(10)12;1-5(2,3)4(6)7/h2*5-10,17,21H,1-4H3,(H,20,22);2*2-7H,15H2,1H3;1-3H3. The molecule has 2 unspecified atom stereocenters. The Bertz CT molecular complexity index is 4000. The van der Waals surface area contributed by atoms with Crippen LogP contribution in [0.3, 0.4) is 0 Å². The second-order valence-electron chi connectivity index (χ2n) is 24.3. The number of carbonyl (C=O) groups is 5.